The normalized spacial score (nSPS) is 11.8. The lowest BCUT2D eigenvalue weighted by molar-refractivity contribution is -0.140. The zero-order valence-corrected chi connectivity index (χ0v) is 12.3. The van der Waals surface area contributed by atoms with Crippen LogP contribution < -0.4 is 4.90 Å². The maximum Gasteiger partial charge on any atom is 0.406 e. The van der Waals surface area contributed by atoms with Gasteiger partial charge in [0.05, 0.1) is 19.2 Å². The predicted octanol–water partition coefficient (Wildman–Crippen LogP) is 3.03. The largest absolute Gasteiger partial charge is 0.469 e. The average molecular weight is 310 g/mol. The van der Waals surface area contributed by atoms with Gasteiger partial charge in [-0.15, -0.1) is 11.3 Å². The Bertz CT molecular complexity index is 446. The molecule has 0 atom stereocenters. The van der Waals surface area contributed by atoms with Crippen molar-refractivity contribution < 1.29 is 22.7 Å². The molecule has 0 aliphatic heterocycles. The van der Waals surface area contributed by atoms with E-state index in [1.54, 1.807) is 19.2 Å². The van der Waals surface area contributed by atoms with Crippen LogP contribution in [0.25, 0.3) is 0 Å². The lowest BCUT2D eigenvalue weighted by Gasteiger charge is -2.27. The molecule has 0 aromatic carbocycles. The Morgan fingerprint density at radius 3 is 2.65 bits per heavy atom. The molecule has 0 fully saturated rings. The van der Waals surface area contributed by atoms with E-state index in [2.05, 4.69) is 9.72 Å². The Morgan fingerprint density at radius 1 is 1.50 bits per heavy atom. The van der Waals surface area contributed by atoms with Gasteiger partial charge < -0.3 is 9.64 Å². The van der Waals surface area contributed by atoms with Gasteiger partial charge in [-0.1, -0.05) is 0 Å². The van der Waals surface area contributed by atoms with Crippen LogP contribution >= 0.6 is 11.3 Å². The average Bonchev–Trinajstić information content (AvgIpc) is 2.80. The first kappa shape index (κ1) is 16.7. The molecule has 1 heterocycles. The first-order valence-corrected chi connectivity index (χ1v) is 6.95. The van der Waals surface area contributed by atoms with Crippen LogP contribution in [-0.4, -0.2) is 36.8 Å². The van der Waals surface area contributed by atoms with Gasteiger partial charge in [0.1, 0.15) is 6.54 Å². The first-order valence-electron chi connectivity index (χ1n) is 6.07. The second-order valence-corrected chi connectivity index (χ2v) is 5.37. The third-order valence-electron chi connectivity index (χ3n) is 2.57. The number of halogens is 3. The minimum atomic E-state index is -4.28. The summed E-state index contributed by atoms with van der Waals surface area (Å²) in [4.78, 5) is 16.4. The van der Waals surface area contributed by atoms with Crippen molar-refractivity contribution in [3.8, 4) is 0 Å². The van der Waals surface area contributed by atoms with Gasteiger partial charge in [0.2, 0.25) is 0 Å². The van der Waals surface area contributed by atoms with E-state index in [4.69, 9.17) is 0 Å². The third-order valence-corrected chi connectivity index (χ3v) is 3.50. The van der Waals surface area contributed by atoms with E-state index in [1.165, 1.54) is 12.0 Å². The van der Waals surface area contributed by atoms with Crippen LogP contribution in [-0.2, 0) is 16.0 Å². The summed E-state index contributed by atoms with van der Waals surface area (Å²) in [5.41, 5.74) is 0.600. The van der Waals surface area contributed by atoms with Crippen LogP contribution in [0.15, 0.2) is 5.38 Å². The lowest BCUT2D eigenvalue weighted by Crippen LogP contribution is -2.39. The van der Waals surface area contributed by atoms with Gasteiger partial charge in [-0.3, -0.25) is 4.79 Å². The molecule has 0 spiro atoms. The van der Waals surface area contributed by atoms with Gasteiger partial charge in [0.15, 0.2) is 5.13 Å². The Kier molecular flexibility index (Phi) is 5.79. The first-order chi connectivity index (χ1) is 9.23. The number of aryl methyl sites for hydroxylation is 1. The molecule has 0 N–H and O–H groups in total. The van der Waals surface area contributed by atoms with Crippen LogP contribution in [0.2, 0.25) is 0 Å². The van der Waals surface area contributed by atoms with Gasteiger partial charge in [-0.2, -0.15) is 13.2 Å². The number of alkyl halides is 3. The fraction of sp³-hybridized carbons (Fsp3) is 0.667. The van der Waals surface area contributed by atoms with E-state index in [0.717, 1.165) is 11.3 Å². The molecule has 0 aliphatic rings. The summed E-state index contributed by atoms with van der Waals surface area (Å²) in [5, 5.41) is 1.99. The molecular formula is C12H17F3N2O2S. The standard InChI is InChI=1S/C12H17F3N2O2S/c1-8(2)17(7-12(13,14)15)11-16-9(6-20-11)4-5-10(18)19-3/h6,8H,4-5,7H2,1-3H3. The molecule has 0 aliphatic carbocycles. The van der Waals surface area contributed by atoms with Crippen LogP contribution in [0, 0.1) is 0 Å². The number of hydrogen-bond donors (Lipinski definition) is 0. The smallest absolute Gasteiger partial charge is 0.406 e. The van der Waals surface area contributed by atoms with Crippen molar-refractivity contribution >= 4 is 22.4 Å². The van der Waals surface area contributed by atoms with Crippen molar-refractivity contribution in [3.05, 3.63) is 11.1 Å². The van der Waals surface area contributed by atoms with E-state index < -0.39 is 12.7 Å². The molecule has 0 unspecified atom stereocenters. The van der Waals surface area contributed by atoms with Crippen molar-refractivity contribution in [2.24, 2.45) is 0 Å². The highest BCUT2D eigenvalue weighted by Gasteiger charge is 2.33. The molecule has 0 radical (unpaired) electrons. The van der Waals surface area contributed by atoms with Gasteiger partial charge >= 0.3 is 12.1 Å². The molecule has 1 aromatic rings. The summed E-state index contributed by atoms with van der Waals surface area (Å²) < 4.78 is 42.1. The number of ether oxygens (including phenoxy) is 1. The monoisotopic (exact) mass is 310 g/mol. The van der Waals surface area contributed by atoms with Crippen molar-refractivity contribution in [2.45, 2.75) is 38.9 Å². The molecule has 20 heavy (non-hydrogen) atoms. The quantitative estimate of drug-likeness (QED) is 0.758. The Balaban J connectivity index is 2.74. The van der Waals surface area contributed by atoms with Crippen LogP contribution in [0.4, 0.5) is 18.3 Å². The Hall–Kier alpha value is -1.31. The summed E-state index contributed by atoms with van der Waals surface area (Å²) >= 11 is 1.15. The zero-order chi connectivity index (χ0) is 15.3. The van der Waals surface area contributed by atoms with Crippen LogP contribution in [0.5, 0.6) is 0 Å². The summed E-state index contributed by atoms with van der Waals surface area (Å²) in [6.07, 6.45) is -3.75. The molecule has 0 bridgehead atoms. The molecule has 0 amide bonds. The van der Waals surface area contributed by atoms with Gasteiger partial charge in [0, 0.05) is 17.8 Å². The SMILES string of the molecule is COC(=O)CCc1csc(N(CC(F)(F)F)C(C)C)n1. The van der Waals surface area contributed by atoms with E-state index >= 15 is 0 Å². The second-order valence-electron chi connectivity index (χ2n) is 4.53. The second kappa shape index (κ2) is 6.92. The van der Waals surface area contributed by atoms with Crippen molar-refractivity contribution in [1.82, 2.24) is 4.98 Å². The summed E-state index contributed by atoms with van der Waals surface area (Å²) in [6.45, 7) is 2.33. The van der Waals surface area contributed by atoms with Gasteiger partial charge in [0.25, 0.3) is 0 Å². The van der Waals surface area contributed by atoms with Crippen molar-refractivity contribution in [3.63, 3.8) is 0 Å². The number of thiazole rings is 1. The maximum absolute atomic E-state index is 12.5. The number of methoxy groups -OCH3 is 1. The van der Waals surface area contributed by atoms with Crippen molar-refractivity contribution in [2.75, 3.05) is 18.6 Å². The fourth-order valence-corrected chi connectivity index (χ4v) is 2.53. The molecule has 1 aromatic heterocycles. The lowest BCUT2D eigenvalue weighted by atomic mass is 10.2. The highest BCUT2D eigenvalue weighted by Crippen LogP contribution is 2.27. The summed E-state index contributed by atoms with van der Waals surface area (Å²) in [7, 11) is 1.29. The molecule has 1 rings (SSSR count). The fourth-order valence-electron chi connectivity index (χ4n) is 1.54. The third kappa shape index (κ3) is 5.36. The number of anilines is 1. The van der Waals surface area contributed by atoms with E-state index in [0.29, 0.717) is 17.2 Å². The zero-order valence-electron chi connectivity index (χ0n) is 11.5. The predicted molar refractivity (Wildman–Crippen MR) is 71.0 cm³/mol. The number of nitrogens with zero attached hydrogens (tertiary/aromatic N) is 2. The van der Waals surface area contributed by atoms with Gasteiger partial charge in [-0.25, -0.2) is 4.98 Å². The summed E-state index contributed by atoms with van der Waals surface area (Å²) in [5.74, 6) is -0.365. The summed E-state index contributed by atoms with van der Waals surface area (Å²) in [6, 6.07) is -0.309. The number of carbonyl (C=O) groups excluding carboxylic acids is 1. The highest BCUT2D eigenvalue weighted by molar-refractivity contribution is 7.13. The Labute approximate surface area is 119 Å². The molecular weight excluding hydrogens is 293 g/mol. The van der Waals surface area contributed by atoms with Crippen LogP contribution in [0.3, 0.4) is 0 Å². The number of carbonyl (C=O) groups is 1. The van der Waals surface area contributed by atoms with E-state index in [9.17, 15) is 18.0 Å². The topological polar surface area (TPSA) is 42.4 Å². The van der Waals surface area contributed by atoms with Crippen LogP contribution in [0.1, 0.15) is 26.0 Å². The minimum Gasteiger partial charge on any atom is -0.469 e. The Morgan fingerprint density at radius 2 is 2.15 bits per heavy atom. The molecule has 8 heteroatoms. The molecule has 4 nitrogen and oxygen atoms in total. The highest BCUT2D eigenvalue weighted by atomic mass is 32.1. The number of aromatic nitrogens is 1. The van der Waals surface area contributed by atoms with Crippen molar-refractivity contribution in [1.29, 1.82) is 0 Å². The molecule has 114 valence electrons. The maximum atomic E-state index is 12.5. The number of esters is 1. The molecule has 0 saturated carbocycles. The van der Waals surface area contributed by atoms with Gasteiger partial charge in [-0.05, 0) is 13.8 Å². The number of rotatable bonds is 6. The number of hydrogen-bond acceptors (Lipinski definition) is 5. The minimum absolute atomic E-state index is 0.167. The molecule has 0 saturated heterocycles. The van der Waals surface area contributed by atoms with E-state index in [1.807, 2.05) is 0 Å². The van der Waals surface area contributed by atoms with E-state index in [-0.39, 0.29) is 18.4 Å².